The Hall–Kier alpha value is -1.40. The van der Waals surface area contributed by atoms with Crippen LogP contribution < -0.4 is 0 Å². The molecule has 1 N–H and O–H groups in total. The molecule has 0 spiro atoms. The Labute approximate surface area is 142 Å². The minimum absolute atomic E-state index is 0.113. The first-order valence-corrected chi connectivity index (χ1v) is 8.84. The largest absolute Gasteiger partial charge is 0.463 e. The van der Waals surface area contributed by atoms with Gasteiger partial charge >= 0.3 is 11.9 Å². The molecule has 0 amide bonds. The molecular weight excluding hydrogens is 310 g/mol. The zero-order valence-corrected chi connectivity index (χ0v) is 14.7. The fourth-order valence-corrected chi connectivity index (χ4v) is 4.11. The van der Waals surface area contributed by atoms with E-state index in [1.165, 1.54) is 6.92 Å². The molecule has 24 heavy (non-hydrogen) atoms. The van der Waals surface area contributed by atoms with E-state index in [0.717, 1.165) is 25.9 Å². The van der Waals surface area contributed by atoms with Crippen LogP contribution in [0.5, 0.6) is 0 Å². The molecule has 134 valence electrons. The van der Waals surface area contributed by atoms with Crippen molar-refractivity contribution in [3.05, 3.63) is 11.6 Å². The number of allylic oxidation sites excluding steroid dienone is 1. The minimum Gasteiger partial charge on any atom is -0.463 e. The Kier molecular flexibility index (Phi) is 4.71. The summed E-state index contributed by atoms with van der Waals surface area (Å²) in [4.78, 5) is 27.3. The molecule has 0 aromatic carbocycles. The van der Waals surface area contributed by atoms with Crippen LogP contribution in [0.3, 0.4) is 0 Å². The maximum Gasteiger partial charge on any atom is 0.338 e. The summed E-state index contributed by atoms with van der Waals surface area (Å²) in [5.41, 5.74) is -1.12. The summed E-state index contributed by atoms with van der Waals surface area (Å²) < 4.78 is 11.3. The number of rotatable bonds is 0. The fourth-order valence-electron chi connectivity index (χ4n) is 4.11. The lowest BCUT2D eigenvalue weighted by Gasteiger charge is -2.32. The standard InChI is InChI=1S/C18H27NO5/c1-4-12-9-11(2)18(3,22)17(21)23-10-13-5-7-19-8-6-14(15(13)19)24-16(12)20/h4,11,13-15,22H,5-10H2,1-3H3/b12-4-/t11-,13+,14+,15-,18+/m0/s1. The highest BCUT2D eigenvalue weighted by molar-refractivity contribution is 5.89. The lowest BCUT2D eigenvalue weighted by molar-refractivity contribution is -0.172. The van der Waals surface area contributed by atoms with E-state index in [-0.39, 0.29) is 37.1 Å². The molecule has 5 atom stereocenters. The van der Waals surface area contributed by atoms with Crippen LogP contribution in [0.1, 0.15) is 40.0 Å². The monoisotopic (exact) mass is 337 g/mol. The van der Waals surface area contributed by atoms with Gasteiger partial charge in [-0.25, -0.2) is 9.59 Å². The summed E-state index contributed by atoms with van der Waals surface area (Å²) in [5, 5.41) is 10.6. The number of carbonyl (C=O) groups excluding carboxylic acids is 2. The predicted octanol–water partition coefficient (Wildman–Crippen LogP) is 1.27. The average Bonchev–Trinajstić information content (AvgIpc) is 3.12. The molecule has 3 rings (SSSR count). The number of esters is 2. The zero-order chi connectivity index (χ0) is 17.5. The van der Waals surface area contributed by atoms with Gasteiger partial charge in [-0.2, -0.15) is 0 Å². The molecule has 0 unspecified atom stereocenters. The molecule has 3 aliphatic heterocycles. The van der Waals surface area contributed by atoms with E-state index in [2.05, 4.69) is 4.90 Å². The first-order chi connectivity index (χ1) is 11.3. The van der Waals surface area contributed by atoms with Crippen molar-refractivity contribution in [1.29, 1.82) is 0 Å². The second-order valence-corrected chi connectivity index (χ2v) is 7.47. The van der Waals surface area contributed by atoms with Crippen molar-refractivity contribution in [3.63, 3.8) is 0 Å². The molecule has 6 heteroatoms. The molecule has 0 bridgehead atoms. The van der Waals surface area contributed by atoms with Crippen molar-refractivity contribution in [2.75, 3.05) is 19.7 Å². The van der Waals surface area contributed by atoms with E-state index in [4.69, 9.17) is 9.47 Å². The molecule has 0 saturated carbocycles. The molecule has 3 aliphatic rings. The quantitative estimate of drug-likeness (QED) is 0.530. The predicted molar refractivity (Wildman–Crippen MR) is 87.1 cm³/mol. The van der Waals surface area contributed by atoms with Crippen molar-refractivity contribution < 1.29 is 24.2 Å². The van der Waals surface area contributed by atoms with Gasteiger partial charge in [-0.15, -0.1) is 0 Å². The number of ether oxygens (including phenoxy) is 2. The Bertz CT molecular complexity index is 556. The summed E-state index contributed by atoms with van der Waals surface area (Å²) in [6.07, 6.45) is 3.59. The van der Waals surface area contributed by atoms with Gasteiger partial charge in [0, 0.05) is 18.0 Å². The van der Waals surface area contributed by atoms with Crippen LogP contribution in [0.2, 0.25) is 0 Å². The zero-order valence-electron chi connectivity index (χ0n) is 14.7. The third-order valence-electron chi connectivity index (χ3n) is 5.97. The van der Waals surface area contributed by atoms with Gasteiger partial charge in [0.05, 0.1) is 12.6 Å². The Morgan fingerprint density at radius 1 is 1.29 bits per heavy atom. The second kappa shape index (κ2) is 6.48. The van der Waals surface area contributed by atoms with E-state index in [9.17, 15) is 14.7 Å². The van der Waals surface area contributed by atoms with Crippen LogP contribution >= 0.6 is 0 Å². The molecule has 6 nitrogen and oxygen atoms in total. The lowest BCUT2D eigenvalue weighted by Crippen LogP contribution is -2.46. The Morgan fingerprint density at radius 2 is 2.00 bits per heavy atom. The maximum atomic E-state index is 12.6. The fraction of sp³-hybridized carbons (Fsp3) is 0.778. The summed E-state index contributed by atoms with van der Waals surface area (Å²) in [6, 6.07) is 0.113. The summed E-state index contributed by atoms with van der Waals surface area (Å²) in [6.45, 7) is 7.11. The summed E-state index contributed by atoms with van der Waals surface area (Å²) in [5.74, 6) is -1.23. The van der Waals surface area contributed by atoms with Crippen molar-refractivity contribution in [2.24, 2.45) is 11.8 Å². The molecule has 3 saturated heterocycles. The van der Waals surface area contributed by atoms with E-state index in [1.807, 2.05) is 0 Å². The molecule has 3 fully saturated rings. The van der Waals surface area contributed by atoms with Crippen LogP contribution in [0.15, 0.2) is 11.6 Å². The van der Waals surface area contributed by atoms with Crippen molar-refractivity contribution in [1.82, 2.24) is 4.90 Å². The topological polar surface area (TPSA) is 76.1 Å². The average molecular weight is 337 g/mol. The highest BCUT2D eigenvalue weighted by Gasteiger charge is 2.48. The van der Waals surface area contributed by atoms with Crippen molar-refractivity contribution in [2.45, 2.75) is 57.8 Å². The normalized spacial score (nSPS) is 42.9. The van der Waals surface area contributed by atoms with Gasteiger partial charge in [0.1, 0.15) is 6.10 Å². The number of nitrogens with zero attached hydrogens (tertiary/aromatic N) is 1. The molecule has 0 aromatic rings. The van der Waals surface area contributed by atoms with Crippen molar-refractivity contribution in [3.8, 4) is 0 Å². The van der Waals surface area contributed by atoms with Crippen LogP contribution in [0.25, 0.3) is 0 Å². The number of hydrogen-bond acceptors (Lipinski definition) is 6. The van der Waals surface area contributed by atoms with Gasteiger partial charge in [0.15, 0.2) is 5.60 Å². The van der Waals surface area contributed by atoms with Gasteiger partial charge < -0.3 is 14.6 Å². The highest BCUT2D eigenvalue weighted by Crippen LogP contribution is 2.36. The van der Waals surface area contributed by atoms with Gasteiger partial charge in [0.25, 0.3) is 0 Å². The van der Waals surface area contributed by atoms with Crippen LogP contribution in [-0.2, 0) is 19.1 Å². The molecule has 0 aromatic heterocycles. The lowest BCUT2D eigenvalue weighted by atomic mass is 9.85. The minimum atomic E-state index is -1.62. The van der Waals surface area contributed by atoms with Gasteiger partial charge in [-0.1, -0.05) is 13.0 Å². The Morgan fingerprint density at radius 3 is 2.71 bits per heavy atom. The van der Waals surface area contributed by atoms with E-state index in [0.29, 0.717) is 5.57 Å². The van der Waals surface area contributed by atoms with Gasteiger partial charge in [0.2, 0.25) is 0 Å². The SMILES string of the molecule is C/C=C1/C[C@H](C)[C@@](C)(O)C(=O)OC[C@H]2CCN3CC[C@@H](OC1=O)[C@H]23. The second-order valence-electron chi connectivity index (χ2n) is 7.47. The molecular formula is C18H27NO5. The van der Waals surface area contributed by atoms with E-state index in [1.54, 1.807) is 19.9 Å². The van der Waals surface area contributed by atoms with Crippen LogP contribution in [0, 0.1) is 11.8 Å². The molecule has 0 aliphatic carbocycles. The summed E-state index contributed by atoms with van der Waals surface area (Å²) >= 11 is 0. The number of aliphatic hydroxyl groups is 1. The highest BCUT2D eigenvalue weighted by atomic mass is 16.6. The summed E-state index contributed by atoms with van der Waals surface area (Å²) in [7, 11) is 0. The molecule has 3 heterocycles. The van der Waals surface area contributed by atoms with E-state index >= 15 is 0 Å². The smallest absolute Gasteiger partial charge is 0.338 e. The van der Waals surface area contributed by atoms with Gasteiger partial charge in [-0.3, -0.25) is 4.90 Å². The van der Waals surface area contributed by atoms with E-state index < -0.39 is 17.5 Å². The molecule has 0 radical (unpaired) electrons. The third-order valence-corrected chi connectivity index (χ3v) is 5.97. The van der Waals surface area contributed by atoms with Crippen LogP contribution in [0.4, 0.5) is 0 Å². The first-order valence-electron chi connectivity index (χ1n) is 8.84. The maximum absolute atomic E-state index is 12.6. The van der Waals surface area contributed by atoms with Crippen molar-refractivity contribution >= 4 is 11.9 Å². The number of carbonyl (C=O) groups is 2. The third kappa shape index (κ3) is 2.97. The Balaban J connectivity index is 1.89. The van der Waals surface area contributed by atoms with Crippen LogP contribution in [-0.4, -0.2) is 59.4 Å². The number of hydrogen-bond donors (Lipinski definition) is 1. The number of cyclic esters (lactones) is 1. The first kappa shape index (κ1) is 17.4. The van der Waals surface area contributed by atoms with Gasteiger partial charge in [-0.05, 0) is 45.6 Å².